The van der Waals surface area contributed by atoms with Gasteiger partial charge in [0.2, 0.25) is 0 Å². The molecule has 3 rings (SSSR count). The second-order valence-corrected chi connectivity index (χ2v) is 5.63. The maximum atomic E-state index is 14.1. The number of hydrogen-bond acceptors (Lipinski definition) is 2. The first-order valence-electron chi connectivity index (χ1n) is 7.80. The Kier molecular flexibility index (Phi) is 4.34. The number of hydrogen-bond donors (Lipinski definition) is 1. The molecule has 21 heavy (non-hydrogen) atoms. The first kappa shape index (κ1) is 14.3. The van der Waals surface area contributed by atoms with Crippen LogP contribution in [0.4, 0.5) is 4.39 Å². The minimum absolute atomic E-state index is 0.0172. The van der Waals surface area contributed by atoms with Crippen molar-refractivity contribution in [1.29, 1.82) is 0 Å². The van der Waals surface area contributed by atoms with Crippen molar-refractivity contribution in [2.24, 2.45) is 0 Å². The largest absolute Gasteiger partial charge is 0.332 e. The Morgan fingerprint density at radius 1 is 1.29 bits per heavy atom. The van der Waals surface area contributed by atoms with Crippen molar-refractivity contribution in [3.63, 3.8) is 0 Å². The van der Waals surface area contributed by atoms with E-state index in [-0.39, 0.29) is 11.9 Å². The number of nitrogens with zero attached hydrogens (tertiary/aromatic N) is 2. The van der Waals surface area contributed by atoms with Crippen LogP contribution in [0, 0.1) is 5.82 Å². The predicted octanol–water partition coefficient (Wildman–Crippen LogP) is 3.25. The third-order valence-electron chi connectivity index (χ3n) is 4.22. The highest BCUT2D eigenvalue weighted by molar-refractivity contribution is 5.22. The Hall–Kier alpha value is -1.68. The normalized spacial score (nSPS) is 15.7. The molecule has 0 amide bonds. The van der Waals surface area contributed by atoms with Gasteiger partial charge in [-0.1, -0.05) is 25.1 Å². The van der Waals surface area contributed by atoms with Crippen LogP contribution in [0.3, 0.4) is 0 Å². The van der Waals surface area contributed by atoms with E-state index in [4.69, 9.17) is 0 Å². The second-order valence-electron chi connectivity index (χ2n) is 5.63. The second kappa shape index (κ2) is 6.39. The molecule has 0 saturated carbocycles. The molecule has 3 nitrogen and oxygen atoms in total. The number of nitrogens with one attached hydrogen (secondary N) is 1. The minimum Gasteiger partial charge on any atom is -0.332 e. The zero-order valence-electron chi connectivity index (χ0n) is 12.5. The van der Waals surface area contributed by atoms with Gasteiger partial charge in [0, 0.05) is 17.8 Å². The van der Waals surface area contributed by atoms with Gasteiger partial charge in [0.1, 0.15) is 5.82 Å². The Morgan fingerprint density at radius 3 is 2.90 bits per heavy atom. The summed E-state index contributed by atoms with van der Waals surface area (Å²) in [5.41, 5.74) is 3.29. The minimum atomic E-state index is -0.141. The number of benzene rings is 1. The Morgan fingerprint density at radius 2 is 2.10 bits per heavy atom. The first-order chi connectivity index (χ1) is 10.3. The Labute approximate surface area is 125 Å². The van der Waals surface area contributed by atoms with Gasteiger partial charge in [0.05, 0.1) is 18.1 Å². The Bertz CT molecular complexity index is 606. The molecule has 0 fully saturated rings. The molecule has 1 aliphatic rings. The van der Waals surface area contributed by atoms with Crippen molar-refractivity contribution in [3.8, 4) is 0 Å². The molecule has 1 N–H and O–H groups in total. The highest BCUT2D eigenvalue weighted by Gasteiger charge is 2.20. The first-order valence-corrected chi connectivity index (χ1v) is 7.80. The maximum Gasteiger partial charge on any atom is 0.128 e. The third-order valence-corrected chi connectivity index (χ3v) is 4.22. The molecule has 0 aliphatic heterocycles. The summed E-state index contributed by atoms with van der Waals surface area (Å²) in [7, 11) is 0. The van der Waals surface area contributed by atoms with Gasteiger partial charge >= 0.3 is 0 Å². The summed E-state index contributed by atoms with van der Waals surface area (Å²) in [5, 5.41) is 3.40. The molecule has 1 unspecified atom stereocenters. The van der Waals surface area contributed by atoms with Crippen LogP contribution in [0.25, 0.3) is 0 Å². The molecular weight excluding hydrogens is 265 g/mol. The van der Waals surface area contributed by atoms with E-state index in [0.29, 0.717) is 0 Å². The molecule has 1 aromatic heterocycles. The van der Waals surface area contributed by atoms with E-state index in [1.807, 2.05) is 18.5 Å². The van der Waals surface area contributed by atoms with E-state index in [0.717, 1.165) is 31.5 Å². The molecule has 0 spiro atoms. The summed E-state index contributed by atoms with van der Waals surface area (Å²) in [6, 6.07) is 7.01. The molecule has 4 heteroatoms. The summed E-state index contributed by atoms with van der Waals surface area (Å²) >= 11 is 0. The zero-order valence-corrected chi connectivity index (χ0v) is 12.5. The number of halogens is 1. The number of imidazole rings is 1. The van der Waals surface area contributed by atoms with Crippen LogP contribution in [-0.4, -0.2) is 16.1 Å². The SMILES string of the molecule is CCNC(Cn1cnc2c1CCCC2)c1ccccc1F. The molecule has 2 aromatic rings. The summed E-state index contributed by atoms with van der Waals surface area (Å²) in [4.78, 5) is 4.53. The van der Waals surface area contributed by atoms with Crippen LogP contribution >= 0.6 is 0 Å². The number of fused-ring (bicyclic) bond motifs is 1. The standard InChI is InChI=1S/C17H22FN3/c1-2-19-16(13-7-3-4-8-14(13)18)11-21-12-20-15-9-5-6-10-17(15)21/h3-4,7-8,12,16,19H,2,5-6,9-11H2,1H3. The number of likely N-dealkylation sites (N-methyl/N-ethyl adjacent to an activating group) is 1. The van der Waals surface area contributed by atoms with E-state index >= 15 is 0 Å². The van der Waals surface area contributed by atoms with Crippen molar-refractivity contribution in [1.82, 2.24) is 14.9 Å². The van der Waals surface area contributed by atoms with Crippen LogP contribution in [0.2, 0.25) is 0 Å². The summed E-state index contributed by atoms with van der Waals surface area (Å²) in [6.07, 6.45) is 6.54. The van der Waals surface area contributed by atoms with Crippen molar-refractivity contribution in [2.45, 2.75) is 45.2 Å². The average Bonchev–Trinajstić information content (AvgIpc) is 2.91. The quantitative estimate of drug-likeness (QED) is 0.915. The van der Waals surface area contributed by atoms with Crippen molar-refractivity contribution < 1.29 is 4.39 Å². The molecule has 112 valence electrons. The van der Waals surface area contributed by atoms with E-state index in [9.17, 15) is 4.39 Å². The van der Waals surface area contributed by atoms with Gasteiger partial charge < -0.3 is 9.88 Å². The van der Waals surface area contributed by atoms with Gasteiger partial charge in [-0.05, 0) is 38.3 Å². The summed E-state index contributed by atoms with van der Waals surface area (Å²) < 4.78 is 16.3. The number of aryl methyl sites for hydroxylation is 1. The van der Waals surface area contributed by atoms with E-state index in [1.54, 1.807) is 6.07 Å². The highest BCUT2D eigenvalue weighted by Crippen LogP contribution is 2.24. The summed E-state index contributed by atoms with van der Waals surface area (Å²) in [6.45, 7) is 3.60. The highest BCUT2D eigenvalue weighted by atomic mass is 19.1. The molecule has 1 aromatic carbocycles. The smallest absolute Gasteiger partial charge is 0.128 e. The van der Waals surface area contributed by atoms with Gasteiger partial charge in [-0.15, -0.1) is 0 Å². The third kappa shape index (κ3) is 3.00. The van der Waals surface area contributed by atoms with E-state index < -0.39 is 0 Å². The fourth-order valence-corrected chi connectivity index (χ4v) is 3.16. The molecule has 0 bridgehead atoms. The Balaban J connectivity index is 1.86. The molecule has 0 radical (unpaired) electrons. The van der Waals surface area contributed by atoms with Crippen molar-refractivity contribution in [2.75, 3.05) is 6.54 Å². The molecule has 1 aliphatic carbocycles. The fourth-order valence-electron chi connectivity index (χ4n) is 3.16. The lowest BCUT2D eigenvalue weighted by atomic mass is 10.0. The zero-order chi connectivity index (χ0) is 14.7. The fraction of sp³-hybridized carbons (Fsp3) is 0.471. The molecule has 1 heterocycles. The van der Waals surface area contributed by atoms with Crippen LogP contribution < -0.4 is 5.32 Å². The predicted molar refractivity (Wildman–Crippen MR) is 81.7 cm³/mol. The van der Waals surface area contributed by atoms with Crippen LogP contribution in [0.15, 0.2) is 30.6 Å². The van der Waals surface area contributed by atoms with Gasteiger partial charge in [-0.3, -0.25) is 0 Å². The van der Waals surface area contributed by atoms with Gasteiger partial charge in [0.15, 0.2) is 0 Å². The topological polar surface area (TPSA) is 29.9 Å². The van der Waals surface area contributed by atoms with E-state index in [1.165, 1.54) is 30.3 Å². The maximum absolute atomic E-state index is 14.1. The lowest BCUT2D eigenvalue weighted by molar-refractivity contribution is 0.443. The van der Waals surface area contributed by atoms with Crippen LogP contribution in [-0.2, 0) is 19.4 Å². The number of rotatable bonds is 5. The van der Waals surface area contributed by atoms with Gasteiger partial charge in [-0.25, -0.2) is 9.37 Å². The van der Waals surface area contributed by atoms with Crippen molar-refractivity contribution in [3.05, 3.63) is 53.4 Å². The lowest BCUT2D eigenvalue weighted by Gasteiger charge is -2.22. The van der Waals surface area contributed by atoms with E-state index in [2.05, 4.69) is 21.8 Å². The van der Waals surface area contributed by atoms with Crippen LogP contribution in [0.5, 0.6) is 0 Å². The molecule has 0 saturated heterocycles. The van der Waals surface area contributed by atoms with Gasteiger partial charge in [0.25, 0.3) is 0 Å². The van der Waals surface area contributed by atoms with Gasteiger partial charge in [-0.2, -0.15) is 0 Å². The monoisotopic (exact) mass is 287 g/mol. The lowest BCUT2D eigenvalue weighted by Crippen LogP contribution is -2.27. The van der Waals surface area contributed by atoms with Crippen LogP contribution in [0.1, 0.15) is 42.8 Å². The average molecular weight is 287 g/mol. The molecular formula is C17H22FN3. The summed E-state index contributed by atoms with van der Waals surface area (Å²) in [5.74, 6) is -0.141. The molecule has 1 atom stereocenters. The number of aromatic nitrogens is 2. The van der Waals surface area contributed by atoms with Crippen molar-refractivity contribution >= 4 is 0 Å².